The first-order valence-electron chi connectivity index (χ1n) is 7.81. The fourth-order valence-electron chi connectivity index (χ4n) is 5.74. The van der Waals surface area contributed by atoms with Crippen LogP contribution < -0.4 is 0 Å². The van der Waals surface area contributed by atoms with E-state index in [1.54, 1.807) is 0 Å². The summed E-state index contributed by atoms with van der Waals surface area (Å²) in [6.45, 7) is 0.938. The van der Waals surface area contributed by atoms with Gasteiger partial charge in [-0.3, -0.25) is 0 Å². The minimum atomic E-state index is -5.71. The van der Waals surface area contributed by atoms with E-state index >= 15 is 0 Å². The molecule has 0 spiro atoms. The second-order valence-corrected chi connectivity index (χ2v) is 7.56. The smallest absolute Gasteiger partial charge is 0.373 e. The van der Waals surface area contributed by atoms with E-state index in [2.05, 4.69) is 0 Å². The number of aliphatic hydroxyl groups is 1. The number of rotatable bonds is 2. The molecular weight excluding hydrogens is 310 g/mol. The molecule has 1 N–H and O–H groups in total. The summed E-state index contributed by atoms with van der Waals surface area (Å²) in [6, 6.07) is 0. The lowest BCUT2D eigenvalue weighted by atomic mass is 9.48. The number of hydrogen-bond donors (Lipinski definition) is 1. The number of hydrogen-bond acceptors (Lipinski definition) is 1. The zero-order valence-electron chi connectivity index (χ0n) is 12.2. The summed E-state index contributed by atoms with van der Waals surface area (Å²) in [5.74, 6) is -1.86. The van der Waals surface area contributed by atoms with Gasteiger partial charge in [-0.05, 0) is 61.7 Å². The Morgan fingerprint density at radius 1 is 0.773 bits per heavy atom. The van der Waals surface area contributed by atoms with E-state index in [9.17, 15) is 31.4 Å². The molecule has 1 atom stereocenters. The summed E-state index contributed by atoms with van der Waals surface area (Å²) in [6.07, 6.45) is -7.49. The molecule has 0 radical (unpaired) electrons. The maximum Gasteiger partial charge on any atom is 0.426 e. The van der Waals surface area contributed by atoms with Crippen molar-refractivity contribution in [1.82, 2.24) is 0 Å². The molecule has 0 aromatic rings. The Morgan fingerprint density at radius 3 is 1.45 bits per heavy atom. The zero-order chi connectivity index (χ0) is 16.5. The van der Waals surface area contributed by atoms with Crippen LogP contribution in [0, 0.1) is 35.5 Å². The first-order chi connectivity index (χ1) is 9.95. The molecule has 0 amide bonds. The molecule has 4 rings (SSSR count). The monoisotopic (exact) mass is 330 g/mol. The minimum Gasteiger partial charge on any atom is -0.373 e. The normalized spacial score (nSPS) is 40.1. The Bertz CT molecular complexity index is 398. The van der Waals surface area contributed by atoms with E-state index in [0.717, 1.165) is 13.3 Å². The van der Waals surface area contributed by atoms with Crippen molar-refractivity contribution in [1.29, 1.82) is 0 Å². The molecule has 4 saturated carbocycles. The van der Waals surface area contributed by atoms with Crippen molar-refractivity contribution in [2.45, 2.75) is 57.0 Å². The van der Waals surface area contributed by atoms with Gasteiger partial charge in [-0.25, -0.2) is 0 Å². The fourth-order valence-corrected chi connectivity index (χ4v) is 5.74. The van der Waals surface area contributed by atoms with Gasteiger partial charge in [0.15, 0.2) is 0 Å². The quantitative estimate of drug-likeness (QED) is 0.737. The fraction of sp³-hybridized carbons (Fsp3) is 1.00. The third-order valence-electron chi connectivity index (χ3n) is 6.40. The van der Waals surface area contributed by atoms with Gasteiger partial charge in [0.25, 0.3) is 5.60 Å². The van der Waals surface area contributed by atoms with Gasteiger partial charge in [0, 0.05) is 5.92 Å². The topological polar surface area (TPSA) is 20.2 Å². The Kier molecular flexibility index (Phi) is 3.56. The van der Waals surface area contributed by atoms with Crippen LogP contribution >= 0.6 is 0 Å². The Hall–Kier alpha value is -0.460. The molecule has 0 heterocycles. The Morgan fingerprint density at radius 2 is 1.14 bits per heavy atom. The predicted octanol–water partition coefficient (Wildman–Crippen LogP) is 4.55. The van der Waals surface area contributed by atoms with Gasteiger partial charge >= 0.3 is 12.4 Å². The highest BCUT2D eigenvalue weighted by atomic mass is 19.4. The summed E-state index contributed by atoms with van der Waals surface area (Å²) in [4.78, 5) is 0. The first-order valence-corrected chi connectivity index (χ1v) is 7.81. The van der Waals surface area contributed by atoms with Crippen LogP contribution in [0.3, 0.4) is 0 Å². The molecule has 4 aliphatic carbocycles. The van der Waals surface area contributed by atoms with Crippen molar-refractivity contribution in [2.24, 2.45) is 35.5 Å². The second kappa shape index (κ2) is 4.77. The van der Waals surface area contributed by atoms with Crippen LogP contribution in [0.1, 0.15) is 39.0 Å². The maximum absolute atomic E-state index is 13.1. The van der Waals surface area contributed by atoms with Gasteiger partial charge < -0.3 is 5.11 Å². The van der Waals surface area contributed by atoms with E-state index in [4.69, 9.17) is 0 Å². The highest BCUT2D eigenvalue weighted by molar-refractivity contribution is 5.07. The van der Waals surface area contributed by atoms with Crippen LogP contribution in [0.25, 0.3) is 0 Å². The number of alkyl halides is 6. The van der Waals surface area contributed by atoms with Gasteiger partial charge in [0.1, 0.15) is 0 Å². The van der Waals surface area contributed by atoms with Crippen molar-refractivity contribution in [2.75, 3.05) is 0 Å². The van der Waals surface area contributed by atoms with Crippen molar-refractivity contribution in [3.05, 3.63) is 0 Å². The molecule has 22 heavy (non-hydrogen) atoms. The third kappa shape index (κ3) is 2.18. The van der Waals surface area contributed by atoms with Crippen molar-refractivity contribution >= 4 is 0 Å². The zero-order valence-corrected chi connectivity index (χ0v) is 12.2. The lowest BCUT2D eigenvalue weighted by Crippen LogP contribution is -2.65. The summed E-state index contributed by atoms with van der Waals surface area (Å²) >= 11 is 0. The molecule has 0 aromatic heterocycles. The lowest BCUT2D eigenvalue weighted by Gasteiger charge is -2.58. The second-order valence-electron chi connectivity index (χ2n) is 7.56. The molecule has 1 nitrogen and oxygen atoms in total. The molecule has 7 heteroatoms. The molecule has 0 aromatic carbocycles. The SMILES string of the molecule is CC(C1C2CC3CC(C2)CC1C3)C(O)(C(F)(F)F)C(F)(F)F. The van der Waals surface area contributed by atoms with Gasteiger partial charge in [-0.15, -0.1) is 0 Å². The summed E-state index contributed by atoms with van der Waals surface area (Å²) < 4.78 is 78.6. The van der Waals surface area contributed by atoms with E-state index in [0.29, 0.717) is 37.5 Å². The van der Waals surface area contributed by atoms with Gasteiger partial charge in [0.05, 0.1) is 0 Å². The van der Waals surface area contributed by atoms with Crippen LogP contribution in [0.5, 0.6) is 0 Å². The molecule has 4 bridgehead atoms. The maximum atomic E-state index is 13.1. The summed E-state index contributed by atoms with van der Waals surface area (Å²) in [5, 5.41) is 9.69. The average molecular weight is 330 g/mol. The minimum absolute atomic E-state index is 0.109. The van der Waals surface area contributed by atoms with Crippen LogP contribution in [0.15, 0.2) is 0 Å². The summed E-state index contributed by atoms with van der Waals surface area (Å²) in [7, 11) is 0. The van der Waals surface area contributed by atoms with Crippen LogP contribution in [-0.2, 0) is 0 Å². The van der Waals surface area contributed by atoms with Crippen LogP contribution in [-0.4, -0.2) is 23.1 Å². The Labute approximate surface area is 125 Å². The van der Waals surface area contributed by atoms with Crippen molar-refractivity contribution < 1.29 is 31.4 Å². The van der Waals surface area contributed by atoms with Gasteiger partial charge in [-0.1, -0.05) is 6.92 Å². The van der Waals surface area contributed by atoms with E-state index in [1.807, 2.05) is 0 Å². The molecule has 4 aliphatic rings. The van der Waals surface area contributed by atoms with E-state index < -0.39 is 29.8 Å². The summed E-state index contributed by atoms with van der Waals surface area (Å²) in [5.41, 5.74) is -4.61. The largest absolute Gasteiger partial charge is 0.426 e. The highest BCUT2D eigenvalue weighted by Gasteiger charge is 2.74. The van der Waals surface area contributed by atoms with Crippen molar-refractivity contribution in [3.8, 4) is 0 Å². The Balaban J connectivity index is 1.93. The molecule has 128 valence electrons. The lowest BCUT2D eigenvalue weighted by molar-refractivity contribution is -0.391. The molecule has 4 fully saturated rings. The van der Waals surface area contributed by atoms with Crippen LogP contribution in [0.4, 0.5) is 26.3 Å². The van der Waals surface area contributed by atoms with Crippen LogP contribution in [0.2, 0.25) is 0 Å². The average Bonchev–Trinajstić information content (AvgIpc) is 2.33. The standard InChI is InChI=1S/C15H20F6O/c1-7(13(22,14(16,17)18)15(19,20)21)12-10-3-8-2-9(5-10)6-11(12)4-8/h7-12,22H,2-6H2,1H3. The van der Waals surface area contributed by atoms with Gasteiger partial charge in [-0.2, -0.15) is 26.3 Å². The molecule has 0 aliphatic heterocycles. The molecule has 0 saturated heterocycles. The predicted molar refractivity (Wildman–Crippen MR) is 66.8 cm³/mol. The van der Waals surface area contributed by atoms with Crippen molar-refractivity contribution in [3.63, 3.8) is 0 Å². The molecular formula is C15H20F6O. The van der Waals surface area contributed by atoms with E-state index in [-0.39, 0.29) is 11.8 Å². The van der Waals surface area contributed by atoms with Gasteiger partial charge in [0.2, 0.25) is 0 Å². The molecule has 1 unspecified atom stereocenters. The highest BCUT2D eigenvalue weighted by Crippen LogP contribution is 2.62. The van der Waals surface area contributed by atoms with E-state index in [1.165, 1.54) is 0 Å². The third-order valence-corrected chi connectivity index (χ3v) is 6.40. The first kappa shape index (κ1) is 16.4. The number of halogens is 6.